The molecule has 1 amide bonds. The van der Waals surface area contributed by atoms with E-state index in [9.17, 15) is 9.90 Å². The van der Waals surface area contributed by atoms with Gasteiger partial charge in [-0.05, 0) is 42.1 Å². The van der Waals surface area contributed by atoms with E-state index in [0.717, 1.165) is 0 Å². The van der Waals surface area contributed by atoms with Gasteiger partial charge in [0.1, 0.15) is 24.6 Å². The van der Waals surface area contributed by atoms with Gasteiger partial charge in [0, 0.05) is 5.56 Å². The Morgan fingerprint density at radius 2 is 1.76 bits per heavy atom. The molecule has 1 aliphatic heterocycles. The summed E-state index contributed by atoms with van der Waals surface area (Å²) in [6.45, 7) is 6.29. The molecule has 0 saturated carbocycles. The molecule has 14 nitrogen and oxygen atoms in total. The van der Waals surface area contributed by atoms with E-state index in [1.54, 1.807) is 28.8 Å². The van der Waals surface area contributed by atoms with Crippen LogP contribution in [0.15, 0.2) is 43.0 Å². The lowest BCUT2D eigenvalue weighted by Gasteiger charge is -2.41. The smallest absolute Gasteiger partial charge is 0.327 e. The third kappa shape index (κ3) is 8.22. The molecular weight excluding hydrogens is 649 g/mol. The van der Waals surface area contributed by atoms with E-state index in [-0.39, 0.29) is 42.8 Å². The first-order chi connectivity index (χ1) is 21.8. The molecule has 1 fully saturated rings. The van der Waals surface area contributed by atoms with Gasteiger partial charge in [-0.15, -0.1) is 0 Å². The second-order valence-electron chi connectivity index (χ2n) is 12.0. The van der Waals surface area contributed by atoms with Gasteiger partial charge in [-0.25, -0.2) is 15.0 Å². The van der Waals surface area contributed by atoms with Crippen molar-refractivity contribution in [2.45, 2.75) is 76.3 Å². The van der Waals surface area contributed by atoms with Crippen LogP contribution in [0.4, 0.5) is 5.82 Å². The fourth-order valence-electron chi connectivity index (χ4n) is 4.40. The first-order valence-corrected chi connectivity index (χ1v) is 20.1. The predicted octanol–water partition coefficient (Wildman–Crippen LogP) is 4.83. The molecule has 3 heterocycles. The first-order valence-electron chi connectivity index (χ1n) is 14.6. The van der Waals surface area contributed by atoms with Crippen LogP contribution in [0.1, 0.15) is 50.2 Å². The number of carbonyl (C=O) groups is 1. The molecule has 0 spiro atoms. The Balaban J connectivity index is 1.76. The van der Waals surface area contributed by atoms with Gasteiger partial charge in [-0.1, -0.05) is 39.0 Å². The van der Waals surface area contributed by atoms with E-state index >= 15 is 0 Å². The predicted molar refractivity (Wildman–Crippen MR) is 174 cm³/mol. The highest BCUT2D eigenvalue weighted by Gasteiger charge is 2.53. The van der Waals surface area contributed by atoms with Crippen LogP contribution >= 0.6 is 6.72 Å². The summed E-state index contributed by atoms with van der Waals surface area (Å²) in [5.74, 6) is -0.188. The van der Waals surface area contributed by atoms with Gasteiger partial charge in [-0.3, -0.25) is 13.9 Å². The number of imidazole rings is 1. The van der Waals surface area contributed by atoms with E-state index in [0.29, 0.717) is 16.7 Å². The van der Waals surface area contributed by atoms with Gasteiger partial charge in [0.25, 0.3) is 5.91 Å². The zero-order valence-electron chi connectivity index (χ0n) is 26.3. The molecule has 1 saturated heterocycles. The Kier molecular flexibility index (Phi) is 11.8. The summed E-state index contributed by atoms with van der Waals surface area (Å²) >= 11 is 5.77. The molecule has 3 aromatic rings. The number of nitrogens with one attached hydrogen (secondary N) is 1. The number of hydrogen-bond donors (Lipinski definition) is 2. The summed E-state index contributed by atoms with van der Waals surface area (Å²) in [5, 5.41) is 31.3. The monoisotopic (exact) mass is 687 g/mol. The van der Waals surface area contributed by atoms with E-state index in [4.69, 9.17) is 45.1 Å². The van der Waals surface area contributed by atoms with Crippen LogP contribution in [0.5, 0.6) is 0 Å². The number of rotatable bonds is 14. The van der Waals surface area contributed by atoms with Crippen LogP contribution in [0, 0.1) is 22.7 Å². The molecule has 1 aliphatic rings. The average molecular weight is 688 g/mol. The van der Waals surface area contributed by atoms with E-state index in [1.165, 1.54) is 12.7 Å². The molecule has 17 heteroatoms. The lowest BCUT2D eigenvalue weighted by atomic mass is 10.1. The average Bonchev–Trinajstić information content (AvgIpc) is 3.58. The van der Waals surface area contributed by atoms with E-state index < -0.39 is 46.2 Å². The standard InChI is InChI=1S/C29H38N7O7PSSi/c1-29(2,3)46(4,5)43-23-21(17-37)41-28(24(23)42-44(45,39-15-9-13-30)40-16-10-14-31)36-19-34-22-25(32-18-33-26(22)36)35-27(38)20-11-7-6-8-12-20/h6-8,11-12,18-19,21,23-24,28,37H,9-10,15-17H2,1-5H3,(H,32,33,35,38)/t21-,23-,24-,28-/m1/s1. The van der Waals surface area contributed by atoms with Crippen molar-refractivity contribution in [1.82, 2.24) is 19.5 Å². The molecule has 0 bridgehead atoms. The van der Waals surface area contributed by atoms with Gasteiger partial charge in [0.15, 0.2) is 31.5 Å². The van der Waals surface area contributed by atoms with Gasteiger partial charge >= 0.3 is 6.72 Å². The highest BCUT2D eigenvalue weighted by molar-refractivity contribution is 8.07. The summed E-state index contributed by atoms with van der Waals surface area (Å²) in [6, 6.07) is 12.7. The Bertz CT molecular complexity index is 1620. The second-order valence-corrected chi connectivity index (χ2v) is 19.7. The van der Waals surface area contributed by atoms with Gasteiger partial charge in [0.2, 0.25) is 0 Å². The zero-order valence-corrected chi connectivity index (χ0v) is 29.0. The SMILES string of the molecule is CC(C)(C)[Si](C)(C)O[C@H]1[C@@H](OP(=S)(OCCC#N)OCCC#N)[C@H](n2cnc3c(NC(=O)c4ccccc4)ncnc32)O[C@@H]1CO. The maximum Gasteiger partial charge on any atom is 0.327 e. The van der Waals surface area contributed by atoms with Crippen LogP contribution in [-0.4, -0.2) is 77.0 Å². The quantitative estimate of drug-likeness (QED) is 0.133. The molecular formula is C29H38N7O7PSSi. The number of anilines is 1. The van der Waals surface area contributed by atoms with Crippen molar-refractivity contribution in [3.8, 4) is 12.1 Å². The lowest BCUT2D eigenvalue weighted by molar-refractivity contribution is -0.0498. The summed E-state index contributed by atoms with van der Waals surface area (Å²) in [7, 11) is -2.49. The number of nitrogens with zero attached hydrogens (tertiary/aromatic N) is 6. The number of hydrogen-bond acceptors (Lipinski definition) is 13. The maximum atomic E-state index is 12.9. The van der Waals surface area contributed by atoms with Crippen LogP contribution in [-0.2, 0) is 34.5 Å². The Morgan fingerprint density at radius 3 is 2.35 bits per heavy atom. The van der Waals surface area contributed by atoms with Crippen molar-refractivity contribution < 1.29 is 32.6 Å². The van der Waals surface area contributed by atoms with Crippen LogP contribution < -0.4 is 5.32 Å². The summed E-state index contributed by atoms with van der Waals surface area (Å²) < 4.78 is 33.0. The number of aromatic nitrogens is 4. The number of amides is 1. The highest BCUT2D eigenvalue weighted by Crippen LogP contribution is 2.55. The van der Waals surface area contributed by atoms with Crippen LogP contribution in [0.25, 0.3) is 11.2 Å². The normalized spacial score (nSPS) is 20.3. The number of ether oxygens (including phenoxy) is 1. The summed E-state index contributed by atoms with van der Waals surface area (Å²) in [5.41, 5.74) is 1.04. The number of benzene rings is 1. The van der Waals surface area contributed by atoms with E-state index in [2.05, 4.69) is 54.1 Å². The molecule has 246 valence electrons. The Labute approximate surface area is 274 Å². The van der Waals surface area contributed by atoms with Crippen molar-refractivity contribution in [2.24, 2.45) is 0 Å². The third-order valence-electron chi connectivity index (χ3n) is 7.78. The molecule has 2 aromatic heterocycles. The van der Waals surface area contributed by atoms with Crippen molar-refractivity contribution >= 4 is 49.7 Å². The fourth-order valence-corrected chi connectivity index (χ4v) is 7.82. The summed E-state index contributed by atoms with van der Waals surface area (Å²) in [4.78, 5) is 26.1. The topological polar surface area (TPSA) is 187 Å². The molecule has 0 unspecified atom stereocenters. The maximum absolute atomic E-state index is 12.9. The molecule has 46 heavy (non-hydrogen) atoms. The minimum atomic E-state index is -3.59. The Morgan fingerprint density at radius 1 is 1.11 bits per heavy atom. The van der Waals surface area contributed by atoms with E-state index in [1.807, 2.05) is 18.2 Å². The van der Waals surface area contributed by atoms with Crippen molar-refractivity contribution in [1.29, 1.82) is 10.5 Å². The fraction of sp³-hybridized carbons (Fsp3) is 0.517. The minimum absolute atomic E-state index is 0.0394. The number of nitriles is 2. The molecule has 1 aromatic carbocycles. The number of aliphatic hydroxyl groups excluding tert-OH is 1. The first kappa shape index (κ1) is 35.7. The zero-order chi connectivity index (χ0) is 33.5. The molecule has 4 atom stereocenters. The van der Waals surface area contributed by atoms with Crippen LogP contribution in [0.3, 0.4) is 0 Å². The Hall–Kier alpha value is -3.15. The molecule has 2 N–H and O–H groups in total. The number of aliphatic hydroxyl groups is 1. The van der Waals surface area contributed by atoms with Crippen molar-refractivity contribution in [2.75, 3.05) is 25.1 Å². The largest absolute Gasteiger partial charge is 0.408 e. The van der Waals surface area contributed by atoms with Crippen molar-refractivity contribution in [3.05, 3.63) is 48.5 Å². The molecule has 0 aliphatic carbocycles. The lowest BCUT2D eigenvalue weighted by Crippen LogP contribution is -2.50. The highest BCUT2D eigenvalue weighted by atomic mass is 32.5. The van der Waals surface area contributed by atoms with Crippen molar-refractivity contribution in [3.63, 3.8) is 0 Å². The number of fused-ring (bicyclic) bond motifs is 1. The molecule has 0 radical (unpaired) electrons. The minimum Gasteiger partial charge on any atom is -0.408 e. The van der Waals surface area contributed by atoms with Gasteiger partial charge in [0.05, 0.1) is 51.1 Å². The molecule has 4 rings (SSSR count). The third-order valence-corrected chi connectivity index (χ3v) is 14.6. The second kappa shape index (κ2) is 15.2. The van der Waals surface area contributed by atoms with Gasteiger partial charge < -0.3 is 28.6 Å². The number of carbonyl (C=O) groups excluding carboxylic acids is 1. The van der Waals surface area contributed by atoms with Gasteiger partial charge in [-0.2, -0.15) is 10.5 Å². The summed E-state index contributed by atoms with van der Waals surface area (Å²) in [6.07, 6.45) is -0.828. The van der Waals surface area contributed by atoms with Crippen LogP contribution in [0.2, 0.25) is 18.1 Å².